The van der Waals surface area contributed by atoms with Gasteiger partial charge in [0.15, 0.2) is 0 Å². The molecule has 3 nitrogen and oxygen atoms in total. The van der Waals surface area contributed by atoms with Gasteiger partial charge in [0, 0.05) is 20.0 Å². The van der Waals surface area contributed by atoms with Crippen LogP contribution in [0.15, 0.2) is 30.3 Å². The summed E-state index contributed by atoms with van der Waals surface area (Å²) in [4.78, 5) is 10.8. The summed E-state index contributed by atoms with van der Waals surface area (Å²) in [6.07, 6.45) is 0.0996. The molecule has 1 rings (SSSR count). The van der Waals surface area contributed by atoms with Crippen LogP contribution in [0.25, 0.3) is 0 Å². The van der Waals surface area contributed by atoms with Gasteiger partial charge in [0.25, 0.3) is 0 Å². The van der Waals surface area contributed by atoms with E-state index in [1.165, 1.54) is 6.92 Å². The minimum atomic E-state index is -0.335. The van der Waals surface area contributed by atoms with Crippen LogP contribution >= 0.6 is 0 Å². The van der Waals surface area contributed by atoms with Gasteiger partial charge in [-0.2, -0.15) is 0 Å². The molecule has 1 aromatic rings. The number of hydrogen-bond acceptors (Lipinski definition) is 3. The maximum atomic E-state index is 10.8. The number of ether oxygens (including phenoxy) is 1. The van der Waals surface area contributed by atoms with Crippen LogP contribution in [0.1, 0.15) is 25.0 Å². The van der Waals surface area contributed by atoms with Crippen molar-refractivity contribution >= 4 is 5.97 Å². The monoisotopic (exact) mass is 194 g/mol. The average molecular weight is 194 g/mol. The number of carbonyl (C=O) groups is 1. The third-order valence-electron chi connectivity index (χ3n) is 1.87. The normalized spacial score (nSPS) is 12.1. The van der Waals surface area contributed by atoms with Crippen LogP contribution in [0.5, 0.6) is 0 Å². The smallest absolute Gasteiger partial charge is 0.303 e. The molecule has 0 aliphatic rings. The Morgan fingerprint density at radius 3 is 2.57 bits per heavy atom. The van der Waals surface area contributed by atoms with E-state index in [0.29, 0.717) is 6.42 Å². The molecule has 76 valence electrons. The van der Waals surface area contributed by atoms with Crippen molar-refractivity contribution in [3.05, 3.63) is 35.9 Å². The summed E-state index contributed by atoms with van der Waals surface area (Å²) >= 11 is 0. The fourth-order valence-electron chi connectivity index (χ4n) is 1.28. The summed E-state index contributed by atoms with van der Waals surface area (Å²) in [6.45, 7) is 1.38. The van der Waals surface area contributed by atoms with Gasteiger partial charge in [0.2, 0.25) is 0 Å². The molecule has 0 fully saturated rings. The standard InChI is InChI=1S/C11H14O3/c1-9(13)14-11(7-8-12)10-5-3-2-4-6-10/h2-6,11-12H,7-8H2,1H3. The van der Waals surface area contributed by atoms with Crippen molar-refractivity contribution in [3.63, 3.8) is 0 Å². The Bertz CT molecular complexity index is 282. The fraction of sp³-hybridized carbons (Fsp3) is 0.364. The highest BCUT2D eigenvalue weighted by Gasteiger charge is 2.13. The van der Waals surface area contributed by atoms with Crippen molar-refractivity contribution in [2.24, 2.45) is 0 Å². The van der Waals surface area contributed by atoms with Gasteiger partial charge in [0.05, 0.1) is 0 Å². The third kappa shape index (κ3) is 3.18. The zero-order chi connectivity index (χ0) is 10.4. The number of benzene rings is 1. The molecule has 0 saturated carbocycles. The quantitative estimate of drug-likeness (QED) is 0.742. The Morgan fingerprint density at radius 1 is 1.43 bits per heavy atom. The second-order valence-corrected chi connectivity index (χ2v) is 3.02. The van der Waals surface area contributed by atoms with Gasteiger partial charge >= 0.3 is 5.97 Å². The maximum Gasteiger partial charge on any atom is 0.303 e. The van der Waals surface area contributed by atoms with Crippen molar-refractivity contribution in [2.45, 2.75) is 19.4 Å². The number of rotatable bonds is 4. The topological polar surface area (TPSA) is 46.5 Å². The Kier molecular flexibility index (Phi) is 4.13. The Labute approximate surface area is 83.3 Å². The second-order valence-electron chi connectivity index (χ2n) is 3.02. The van der Waals surface area contributed by atoms with Gasteiger partial charge in [-0.15, -0.1) is 0 Å². The summed E-state index contributed by atoms with van der Waals surface area (Å²) in [5.74, 6) is -0.327. The Hall–Kier alpha value is -1.35. The lowest BCUT2D eigenvalue weighted by Crippen LogP contribution is -2.09. The molecule has 0 bridgehead atoms. The molecule has 1 N–H and O–H groups in total. The molecule has 0 radical (unpaired) electrons. The summed E-state index contributed by atoms with van der Waals surface area (Å²) < 4.78 is 5.08. The van der Waals surface area contributed by atoms with Crippen LogP contribution in [0, 0.1) is 0 Å². The van der Waals surface area contributed by atoms with Crippen molar-refractivity contribution in [3.8, 4) is 0 Å². The van der Waals surface area contributed by atoms with Gasteiger partial charge in [-0.25, -0.2) is 0 Å². The summed E-state index contributed by atoms with van der Waals surface area (Å²) in [5, 5.41) is 8.82. The first-order valence-corrected chi connectivity index (χ1v) is 4.57. The van der Waals surface area contributed by atoms with Gasteiger partial charge in [-0.3, -0.25) is 4.79 Å². The van der Waals surface area contributed by atoms with Crippen LogP contribution in [0.4, 0.5) is 0 Å². The van der Waals surface area contributed by atoms with E-state index in [2.05, 4.69) is 0 Å². The molecule has 1 atom stereocenters. The Morgan fingerprint density at radius 2 is 2.07 bits per heavy atom. The van der Waals surface area contributed by atoms with Crippen molar-refractivity contribution in [1.82, 2.24) is 0 Å². The average Bonchev–Trinajstić information content (AvgIpc) is 2.18. The largest absolute Gasteiger partial charge is 0.458 e. The van der Waals surface area contributed by atoms with E-state index < -0.39 is 0 Å². The summed E-state index contributed by atoms with van der Waals surface area (Å²) in [6, 6.07) is 9.41. The van der Waals surface area contributed by atoms with E-state index in [9.17, 15) is 4.79 Å². The van der Waals surface area contributed by atoms with Crippen LogP contribution in [0.3, 0.4) is 0 Å². The predicted molar refractivity (Wildman–Crippen MR) is 52.7 cm³/mol. The summed E-state index contributed by atoms with van der Waals surface area (Å²) in [5.41, 5.74) is 0.914. The molecule has 0 spiro atoms. The maximum absolute atomic E-state index is 10.8. The molecule has 1 aromatic carbocycles. The molecule has 0 aliphatic heterocycles. The van der Waals surface area contributed by atoms with Gasteiger partial charge < -0.3 is 9.84 Å². The zero-order valence-electron chi connectivity index (χ0n) is 8.14. The molecule has 3 heteroatoms. The minimum absolute atomic E-state index is 0.00679. The van der Waals surface area contributed by atoms with E-state index in [1.54, 1.807) is 0 Å². The van der Waals surface area contributed by atoms with Crippen LogP contribution in [-0.2, 0) is 9.53 Å². The SMILES string of the molecule is CC(=O)OC(CCO)c1ccccc1. The predicted octanol–water partition coefficient (Wildman–Crippen LogP) is 1.67. The van der Waals surface area contributed by atoms with Crippen molar-refractivity contribution in [1.29, 1.82) is 0 Å². The highest BCUT2D eigenvalue weighted by atomic mass is 16.5. The highest BCUT2D eigenvalue weighted by molar-refractivity contribution is 5.66. The second kappa shape index (κ2) is 5.40. The molecule has 14 heavy (non-hydrogen) atoms. The zero-order valence-corrected chi connectivity index (χ0v) is 8.14. The third-order valence-corrected chi connectivity index (χ3v) is 1.87. The molecule has 1 unspecified atom stereocenters. The number of esters is 1. The van der Waals surface area contributed by atoms with E-state index >= 15 is 0 Å². The number of aliphatic hydroxyl groups excluding tert-OH is 1. The number of hydrogen-bond donors (Lipinski definition) is 1. The van der Waals surface area contributed by atoms with Gasteiger partial charge in [-0.1, -0.05) is 30.3 Å². The number of carbonyl (C=O) groups excluding carboxylic acids is 1. The minimum Gasteiger partial charge on any atom is -0.458 e. The number of aliphatic hydroxyl groups is 1. The molecule has 0 saturated heterocycles. The first-order valence-electron chi connectivity index (χ1n) is 4.57. The van der Waals surface area contributed by atoms with E-state index in [-0.39, 0.29) is 18.7 Å². The highest BCUT2D eigenvalue weighted by Crippen LogP contribution is 2.20. The molecule has 0 heterocycles. The molecule has 0 aromatic heterocycles. The summed E-state index contributed by atoms with van der Waals surface area (Å²) in [7, 11) is 0. The van der Waals surface area contributed by atoms with E-state index in [4.69, 9.17) is 9.84 Å². The Balaban J connectivity index is 2.72. The molecule has 0 amide bonds. The van der Waals surface area contributed by atoms with E-state index in [0.717, 1.165) is 5.56 Å². The van der Waals surface area contributed by atoms with Crippen LogP contribution < -0.4 is 0 Å². The first-order chi connectivity index (χ1) is 6.74. The van der Waals surface area contributed by atoms with E-state index in [1.807, 2.05) is 30.3 Å². The molecule has 0 aliphatic carbocycles. The van der Waals surface area contributed by atoms with Crippen molar-refractivity contribution in [2.75, 3.05) is 6.61 Å². The van der Waals surface area contributed by atoms with Crippen LogP contribution in [-0.4, -0.2) is 17.7 Å². The lowest BCUT2D eigenvalue weighted by atomic mass is 10.1. The van der Waals surface area contributed by atoms with Gasteiger partial charge in [-0.05, 0) is 5.56 Å². The fourth-order valence-corrected chi connectivity index (χ4v) is 1.28. The molecular weight excluding hydrogens is 180 g/mol. The lowest BCUT2D eigenvalue weighted by molar-refractivity contribution is -0.147. The molecular formula is C11H14O3. The first kappa shape index (κ1) is 10.7. The van der Waals surface area contributed by atoms with Crippen molar-refractivity contribution < 1.29 is 14.6 Å². The van der Waals surface area contributed by atoms with Gasteiger partial charge in [0.1, 0.15) is 6.10 Å². The lowest BCUT2D eigenvalue weighted by Gasteiger charge is -2.15. The van der Waals surface area contributed by atoms with Crippen LogP contribution in [0.2, 0.25) is 0 Å².